The van der Waals surface area contributed by atoms with Crippen LogP contribution >= 0.6 is 15.9 Å². The van der Waals surface area contributed by atoms with E-state index in [1.165, 1.54) is 0 Å². The van der Waals surface area contributed by atoms with Gasteiger partial charge in [0.15, 0.2) is 5.78 Å². The van der Waals surface area contributed by atoms with E-state index in [1.807, 2.05) is 0 Å². The molecule has 5 heteroatoms. The Balaban J connectivity index is 2.51. The van der Waals surface area contributed by atoms with Crippen LogP contribution in [0.5, 0.6) is 0 Å². The Morgan fingerprint density at radius 1 is 1.67 bits per heavy atom. The van der Waals surface area contributed by atoms with Gasteiger partial charge in [0.2, 0.25) is 5.91 Å². The van der Waals surface area contributed by atoms with Crippen LogP contribution in [0, 0.1) is 0 Å². The van der Waals surface area contributed by atoms with Crippen molar-refractivity contribution >= 4 is 27.6 Å². The number of carbonyl (C=O) groups is 2. The summed E-state index contributed by atoms with van der Waals surface area (Å²) < 4.78 is 0. The van der Waals surface area contributed by atoms with E-state index >= 15 is 0 Å². The Labute approximate surface area is 79.4 Å². The molecule has 0 bridgehead atoms. The van der Waals surface area contributed by atoms with Gasteiger partial charge in [-0.2, -0.15) is 0 Å². The molecule has 4 nitrogen and oxygen atoms in total. The van der Waals surface area contributed by atoms with Crippen molar-refractivity contribution in [2.24, 2.45) is 0 Å². The van der Waals surface area contributed by atoms with Crippen molar-refractivity contribution in [3.05, 3.63) is 0 Å². The number of hydrogen-bond donors (Lipinski definition) is 1. The fourth-order valence-corrected chi connectivity index (χ4v) is 1.44. The maximum absolute atomic E-state index is 11.2. The van der Waals surface area contributed by atoms with Gasteiger partial charge in [0, 0.05) is 13.1 Å². The first-order valence-electron chi connectivity index (χ1n) is 3.80. The Kier molecular flexibility index (Phi) is 3.68. The lowest BCUT2D eigenvalue weighted by Crippen LogP contribution is -2.36. The summed E-state index contributed by atoms with van der Waals surface area (Å²) in [5, 5.41) is 3.24. The molecule has 1 aliphatic heterocycles. The Morgan fingerprint density at radius 2 is 2.42 bits per heavy atom. The molecule has 68 valence electrons. The number of nitrogens with one attached hydrogen (secondary N) is 1. The Hall–Kier alpha value is -0.420. The van der Waals surface area contributed by atoms with Crippen LogP contribution in [-0.2, 0) is 9.59 Å². The third kappa shape index (κ3) is 2.57. The van der Waals surface area contributed by atoms with Gasteiger partial charge in [-0.1, -0.05) is 15.9 Å². The first-order valence-corrected chi connectivity index (χ1v) is 4.92. The minimum Gasteiger partial charge on any atom is -0.333 e. The lowest BCUT2D eigenvalue weighted by Gasteiger charge is -2.17. The summed E-state index contributed by atoms with van der Waals surface area (Å²) in [7, 11) is 0. The quantitative estimate of drug-likeness (QED) is 0.616. The molecule has 0 aromatic rings. The third-order valence-corrected chi connectivity index (χ3v) is 2.19. The van der Waals surface area contributed by atoms with Crippen LogP contribution in [0.3, 0.4) is 0 Å². The van der Waals surface area contributed by atoms with E-state index in [-0.39, 0.29) is 18.2 Å². The first kappa shape index (κ1) is 9.67. The summed E-state index contributed by atoms with van der Waals surface area (Å²) in [5.74, 6) is 0.0499. The molecule has 0 atom stereocenters. The number of ketones is 1. The summed E-state index contributed by atoms with van der Waals surface area (Å²) in [6.45, 7) is 1.95. The zero-order valence-electron chi connectivity index (χ0n) is 6.68. The van der Waals surface area contributed by atoms with Crippen molar-refractivity contribution < 1.29 is 9.59 Å². The molecule has 1 saturated heterocycles. The van der Waals surface area contributed by atoms with E-state index in [0.717, 1.165) is 0 Å². The van der Waals surface area contributed by atoms with Gasteiger partial charge in [0.1, 0.15) is 0 Å². The van der Waals surface area contributed by atoms with Gasteiger partial charge in [-0.05, 0) is 0 Å². The maximum atomic E-state index is 11.2. The number of Topliss-reactive ketones (excluding diaryl/α,β-unsaturated/α-hetero) is 1. The maximum Gasteiger partial charge on any atom is 0.233 e. The van der Waals surface area contributed by atoms with Crippen molar-refractivity contribution in [2.75, 3.05) is 31.5 Å². The van der Waals surface area contributed by atoms with Gasteiger partial charge in [0.05, 0.1) is 18.4 Å². The highest BCUT2D eigenvalue weighted by Crippen LogP contribution is 1.96. The second-order valence-corrected chi connectivity index (χ2v) is 3.23. The Bertz CT molecular complexity index is 196. The van der Waals surface area contributed by atoms with Crippen molar-refractivity contribution in [2.45, 2.75) is 0 Å². The number of alkyl halides is 1. The predicted octanol–water partition coefficient (Wildman–Crippen LogP) is -0.618. The summed E-state index contributed by atoms with van der Waals surface area (Å²) in [4.78, 5) is 23.8. The fraction of sp³-hybridized carbons (Fsp3) is 0.714. The summed E-state index contributed by atoms with van der Waals surface area (Å²) in [5.41, 5.74) is 0. The lowest BCUT2D eigenvalue weighted by atomic mass is 10.3. The van der Waals surface area contributed by atoms with Crippen molar-refractivity contribution in [3.8, 4) is 0 Å². The van der Waals surface area contributed by atoms with Crippen LogP contribution in [0.25, 0.3) is 0 Å². The van der Waals surface area contributed by atoms with Gasteiger partial charge in [-0.3, -0.25) is 9.59 Å². The molecule has 0 spiro atoms. The average molecular weight is 235 g/mol. The van der Waals surface area contributed by atoms with Gasteiger partial charge in [-0.25, -0.2) is 0 Å². The van der Waals surface area contributed by atoms with E-state index in [4.69, 9.17) is 0 Å². The Morgan fingerprint density at radius 3 is 3.08 bits per heavy atom. The standard InChI is InChI=1S/C7H11BrN2O2/c8-3-7(12)10-2-1-9-4-6(11)5-10/h9H,1-5H2. The van der Waals surface area contributed by atoms with E-state index in [0.29, 0.717) is 25.0 Å². The molecule has 1 N–H and O–H groups in total. The normalized spacial score (nSPS) is 19.1. The van der Waals surface area contributed by atoms with Crippen molar-refractivity contribution in [1.82, 2.24) is 10.2 Å². The lowest BCUT2D eigenvalue weighted by molar-refractivity contribution is -0.132. The molecular formula is C7H11BrN2O2. The molecule has 0 aliphatic carbocycles. The summed E-state index contributed by atoms with van der Waals surface area (Å²) in [6, 6.07) is 0. The van der Waals surface area contributed by atoms with Gasteiger partial charge < -0.3 is 10.2 Å². The SMILES string of the molecule is O=C1CNCCN(C(=O)CBr)C1. The minimum atomic E-state index is -0.0212. The first-order chi connectivity index (χ1) is 5.74. The third-order valence-electron chi connectivity index (χ3n) is 1.71. The van der Waals surface area contributed by atoms with Crippen LogP contribution in [0.2, 0.25) is 0 Å². The van der Waals surface area contributed by atoms with Crippen LogP contribution in [0.4, 0.5) is 0 Å². The number of amides is 1. The zero-order valence-corrected chi connectivity index (χ0v) is 8.26. The molecule has 1 fully saturated rings. The van der Waals surface area contributed by atoms with Crippen LogP contribution in [-0.4, -0.2) is 48.1 Å². The van der Waals surface area contributed by atoms with E-state index in [2.05, 4.69) is 21.2 Å². The van der Waals surface area contributed by atoms with Gasteiger partial charge in [-0.15, -0.1) is 0 Å². The number of nitrogens with zero attached hydrogens (tertiary/aromatic N) is 1. The minimum absolute atomic E-state index is 0.0212. The molecule has 0 saturated carbocycles. The number of carbonyl (C=O) groups excluding carboxylic acids is 2. The molecule has 1 amide bonds. The largest absolute Gasteiger partial charge is 0.333 e. The predicted molar refractivity (Wildman–Crippen MR) is 48.3 cm³/mol. The highest BCUT2D eigenvalue weighted by molar-refractivity contribution is 9.09. The molecule has 0 aromatic heterocycles. The van der Waals surface area contributed by atoms with Crippen molar-refractivity contribution in [3.63, 3.8) is 0 Å². The van der Waals surface area contributed by atoms with Crippen LogP contribution in [0.15, 0.2) is 0 Å². The second-order valence-electron chi connectivity index (χ2n) is 2.66. The van der Waals surface area contributed by atoms with Crippen LogP contribution in [0.1, 0.15) is 0 Å². The molecule has 1 aliphatic rings. The molecule has 0 aromatic carbocycles. The zero-order chi connectivity index (χ0) is 8.97. The number of hydrogen-bond acceptors (Lipinski definition) is 3. The summed E-state index contributed by atoms with van der Waals surface area (Å²) >= 11 is 3.07. The molecular weight excluding hydrogens is 224 g/mol. The topological polar surface area (TPSA) is 49.4 Å². The summed E-state index contributed by atoms with van der Waals surface area (Å²) in [6.07, 6.45) is 0. The smallest absolute Gasteiger partial charge is 0.233 e. The van der Waals surface area contributed by atoms with Crippen LogP contribution < -0.4 is 5.32 Å². The average Bonchev–Trinajstić information content (AvgIpc) is 2.28. The second kappa shape index (κ2) is 4.57. The highest BCUT2D eigenvalue weighted by atomic mass is 79.9. The molecule has 1 rings (SSSR count). The monoisotopic (exact) mass is 234 g/mol. The number of rotatable bonds is 1. The van der Waals surface area contributed by atoms with E-state index < -0.39 is 0 Å². The highest BCUT2D eigenvalue weighted by Gasteiger charge is 2.17. The van der Waals surface area contributed by atoms with Gasteiger partial charge >= 0.3 is 0 Å². The van der Waals surface area contributed by atoms with E-state index in [1.54, 1.807) is 4.90 Å². The number of halogens is 1. The molecule has 12 heavy (non-hydrogen) atoms. The molecule has 1 heterocycles. The molecule has 0 radical (unpaired) electrons. The van der Waals surface area contributed by atoms with Crippen molar-refractivity contribution in [1.29, 1.82) is 0 Å². The van der Waals surface area contributed by atoms with E-state index in [9.17, 15) is 9.59 Å². The fourth-order valence-electron chi connectivity index (χ4n) is 1.09. The van der Waals surface area contributed by atoms with Gasteiger partial charge in [0.25, 0.3) is 0 Å². The molecule has 0 unspecified atom stereocenters.